The smallest absolute Gasteiger partial charge is 0.123 e. The van der Waals surface area contributed by atoms with Crippen LogP contribution in [0.5, 0.6) is 0 Å². The van der Waals surface area contributed by atoms with Crippen LogP contribution in [-0.2, 0) is 9.47 Å². The molecule has 0 saturated carbocycles. The first kappa shape index (κ1) is 14.2. The minimum Gasteiger partial charge on any atom is -0.376 e. The van der Waals surface area contributed by atoms with E-state index in [-0.39, 0.29) is 18.0 Å². The third-order valence-corrected chi connectivity index (χ3v) is 3.94. The molecule has 0 spiro atoms. The first-order valence-corrected chi connectivity index (χ1v) is 7.87. The predicted octanol–water partition coefficient (Wildman–Crippen LogP) is 3.89. The van der Waals surface area contributed by atoms with Crippen molar-refractivity contribution >= 4 is 22.6 Å². The molecular formula is C14H18FIO2. The van der Waals surface area contributed by atoms with Crippen molar-refractivity contribution in [3.05, 3.63) is 35.6 Å². The van der Waals surface area contributed by atoms with Crippen LogP contribution < -0.4 is 0 Å². The van der Waals surface area contributed by atoms with E-state index in [1.807, 2.05) is 0 Å². The highest BCUT2D eigenvalue weighted by atomic mass is 127. The van der Waals surface area contributed by atoms with Gasteiger partial charge in [-0.1, -0.05) is 34.7 Å². The number of ether oxygens (including phenoxy) is 2. The van der Waals surface area contributed by atoms with Gasteiger partial charge < -0.3 is 9.47 Å². The molecule has 100 valence electrons. The number of hydrogen-bond acceptors (Lipinski definition) is 2. The van der Waals surface area contributed by atoms with Gasteiger partial charge in [-0.3, -0.25) is 0 Å². The number of hydrogen-bond donors (Lipinski definition) is 0. The average molecular weight is 364 g/mol. The second-order valence-corrected chi connectivity index (χ2v) is 5.40. The van der Waals surface area contributed by atoms with Gasteiger partial charge in [0.25, 0.3) is 0 Å². The fourth-order valence-corrected chi connectivity index (χ4v) is 2.83. The Morgan fingerprint density at radius 1 is 1.33 bits per heavy atom. The minimum atomic E-state index is -0.207. The predicted molar refractivity (Wildman–Crippen MR) is 77.6 cm³/mol. The minimum absolute atomic E-state index is 0.0247. The summed E-state index contributed by atoms with van der Waals surface area (Å²) in [6, 6.07) is 6.55. The Morgan fingerprint density at radius 3 is 2.72 bits per heavy atom. The summed E-state index contributed by atoms with van der Waals surface area (Å²) in [7, 11) is 0. The molecule has 4 heteroatoms. The topological polar surface area (TPSA) is 18.5 Å². The number of halogens is 2. The van der Waals surface area contributed by atoms with Crippen LogP contribution in [0, 0.1) is 5.82 Å². The van der Waals surface area contributed by atoms with Gasteiger partial charge in [0.2, 0.25) is 0 Å². The van der Waals surface area contributed by atoms with E-state index < -0.39 is 0 Å². The second kappa shape index (κ2) is 7.40. The van der Waals surface area contributed by atoms with Crippen molar-refractivity contribution in [3.63, 3.8) is 0 Å². The Balaban J connectivity index is 1.86. The lowest BCUT2D eigenvalue weighted by atomic mass is 10.1. The molecule has 18 heavy (non-hydrogen) atoms. The van der Waals surface area contributed by atoms with Gasteiger partial charge in [0.15, 0.2) is 0 Å². The maximum absolute atomic E-state index is 12.9. The van der Waals surface area contributed by atoms with E-state index in [2.05, 4.69) is 22.6 Å². The zero-order valence-corrected chi connectivity index (χ0v) is 12.4. The summed E-state index contributed by atoms with van der Waals surface area (Å²) in [6.45, 7) is 1.48. The summed E-state index contributed by atoms with van der Waals surface area (Å²) >= 11 is 2.30. The van der Waals surface area contributed by atoms with Gasteiger partial charge in [-0.15, -0.1) is 0 Å². The Labute approximate surface area is 121 Å². The van der Waals surface area contributed by atoms with Gasteiger partial charge in [0.1, 0.15) is 5.82 Å². The number of benzene rings is 1. The highest BCUT2D eigenvalue weighted by Gasteiger charge is 2.17. The molecule has 1 heterocycles. The molecule has 1 aliphatic heterocycles. The molecule has 0 aliphatic carbocycles. The Kier molecular flexibility index (Phi) is 5.85. The molecule has 1 aromatic carbocycles. The largest absolute Gasteiger partial charge is 0.376 e. The van der Waals surface area contributed by atoms with Gasteiger partial charge in [-0.2, -0.15) is 0 Å². The standard InChI is InChI=1S/C14H18FIO2/c15-12-6-4-11(5-7-12)14(9-16)18-10-13-3-1-2-8-17-13/h4-7,13-14H,1-3,8-10H2. The maximum Gasteiger partial charge on any atom is 0.123 e. The number of alkyl halides is 1. The average Bonchev–Trinajstić information content (AvgIpc) is 2.42. The maximum atomic E-state index is 12.9. The van der Waals surface area contributed by atoms with Crippen molar-refractivity contribution < 1.29 is 13.9 Å². The van der Waals surface area contributed by atoms with Gasteiger partial charge in [-0.25, -0.2) is 4.39 Å². The first-order chi connectivity index (χ1) is 8.79. The van der Waals surface area contributed by atoms with Crippen molar-refractivity contribution in [1.82, 2.24) is 0 Å². The first-order valence-electron chi connectivity index (χ1n) is 6.34. The molecule has 1 aromatic rings. The van der Waals surface area contributed by atoms with E-state index in [0.717, 1.165) is 29.4 Å². The molecule has 2 nitrogen and oxygen atoms in total. The van der Waals surface area contributed by atoms with Crippen LogP contribution in [0.4, 0.5) is 4.39 Å². The lowest BCUT2D eigenvalue weighted by molar-refractivity contribution is -0.0582. The summed E-state index contributed by atoms with van der Waals surface area (Å²) in [5, 5.41) is 0. The molecular weight excluding hydrogens is 346 g/mol. The van der Waals surface area contributed by atoms with Gasteiger partial charge in [0.05, 0.1) is 18.8 Å². The normalized spacial score (nSPS) is 21.8. The highest BCUT2D eigenvalue weighted by Crippen LogP contribution is 2.22. The molecule has 0 radical (unpaired) electrons. The summed E-state index contributed by atoms with van der Waals surface area (Å²) in [4.78, 5) is 0. The monoisotopic (exact) mass is 364 g/mol. The van der Waals surface area contributed by atoms with Gasteiger partial charge >= 0.3 is 0 Å². The van der Waals surface area contributed by atoms with E-state index >= 15 is 0 Å². The molecule has 2 atom stereocenters. The molecule has 0 aromatic heterocycles. The van der Waals surface area contributed by atoms with Crippen LogP contribution in [0.1, 0.15) is 30.9 Å². The van der Waals surface area contributed by atoms with Crippen LogP contribution in [-0.4, -0.2) is 23.7 Å². The molecule has 2 rings (SSSR count). The van der Waals surface area contributed by atoms with Crippen LogP contribution in [0.15, 0.2) is 24.3 Å². The molecule has 1 aliphatic rings. The third-order valence-electron chi connectivity index (χ3n) is 3.14. The Morgan fingerprint density at radius 2 is 2.11 bits per heavy atom. The summed E-state index contributed by atoms with van der Waals surface area (Å²) in [5.41, 5.74) is 1.03. The zero-order chi connectivity index (χ0) is 12.8. The molecule has 1 fully saturated rings. The lowest BCUT2D eigenvalue weighted by Gasteiger charge is -2.25. The van der Waals surface area contributed by atoms with Crippen molar-refractivity contribution in [1.29, 1.82) is 0 Å². The fraction of sp³-hybridized carbons (Fsp3) is 0.571. The van der Waals surface area contributed by atoms with E-state index in [0.29, 0.717) is 6.61 Å². The lowest BCUT2D eigenvalue weighted by Crippen LogP contribution is -2.25. The van der Waals surface area contributed by atoms with Crippen molar-refractivity contribution in [2.75, 3.05) is 17.6 Å². The van der Waals surface area contributed by atoms with E-state index in [1.165, 1.54) is 18.6 Å². The summed E-state index contributed by atoms with van der Waals surface area (Å²) in [5.74, 6) is -0.207. The van der Waals surface area contributed by atoms with E-state index in [4.69, 9.17) is 9.47 Å². The molecule has 0 amide bonds. The quantitative estimate of drug-likeness (QED) is 0.583. The van der Waals surface area contributed by atoms with E-state index in [9.17, 15) is 4.39 Å². The van der Waals surface area contributed by atoms with Crippen LogP contribution >= 0.6 is 22.6 Å². The van der Waals surface area contributed by atoms with Crippen molar-refractivity contribution in [2.24, 2.45) is 0 Å². The third kappa shape index (κ3) is 4.17. The van der Waals surface area contributed by atoms with Gasteiger partial charge in [0, 0.05) is 11.0 Å². The summed E-state index contributed by atoms with van der Waals surface area (Å²) < 4.78 is 25.3. The number of rotatable bonds is 5. The van der Waals surface area contributed by atoms with Crippen LogP contribution in [0.2, 0.25) is 0 Å². The van der Waals surface area contributed by atoms with E-state index in [1.54, 1.807) is 12.1 Å². The van der Waals surface area contributed by atoms with Crippen molar-refractivity contribution in [3.8, 4) is 0 Å². The molecule has 0 bridgehead atoms. The second-order valence-electron chi connectivity index (χ2n) is 4.52. The molecule has 1 saturated heterocycles. The fourth-order valence-electron chi connectivity index (χ4n) is 2.07. The highest BCUT2D eigenvalue weighted by molar-refractivity contribution is 14.1. The zero-order valence-electron chi connectivity index (χ0n) is 10.3. The SMILES string of the molecule is Fc1ccc(C(CI)OCC2CCCCO2)cc1. The van der Waals surface area contributed by atoms with Crippen LogP contribution in [0.3, 0.4) is 0 Å². The summed E-state index contributed by atoms with van der Waals surface area (Å²) in [6.07, 6.45) is 3.71. The molecule has 2 unspecified atom stereocenters. The Hall–Kier alpha value is -0.200. The van der Waals surface area contributed by atoms with Crippen LogP contribution in [0.25, 0.3) is 0 Å². The van der Waals surface area contributed by atoms with Crippen molar-refractivity contribution in [2.45, 2.75) is 31.5 Å². The Bertz CT molecular complexity index is 349. The molecule has 0 N–H and O–H groups in total. The van der Waals surface area contributed by atoms with Gasteiger partial charge in [-0.05, 0) is 37.0 Å².